The third-order valence-corrected chi connectivity index (χ3v) is 9.34. The van der Waals surface area contributed by atoms with Crippen molar-refractivity contribution in [1.82, 2.24) is 4.98 Å². The molecule has 1 N–H and O–H groups in total. The minimum absolute atomic E-state index is 1.19. The monoisotopic (exact) mass is 517 g/mol. The summed E-state index contributed by atoms with van der Waals surface area (Å²) in [6, 6.07) is 49.6. The van der Waals surface area contributed by atoms with E-state index >= 15 is 0 Å². The van der Waals surface area contributed by atoms with Crippen LogP contribution in [-0.2, 0) is 0 Å². The normalized spacial score (nSPS) is 12.4. The van der Waals surface area contributed by atoms with Crippen molar-refractivity contribution >= 4 is 97.2 Å². The van der Waals surface area contributed by atoms with E-state index in [1.807, 2.05) is 0 Å². The summed E-state index contributed by atoms with van der Waals surface area (Å²) < 4.78 is 0. The molecule has 0 saturated carbocycles. The zero-order valence-electron chi connectivity index (χ0n) is 22.2. The third kappa shape index (κ3) is 2.75. The van der Waals surface area contributed by atoms with Crippen LogP contribution in [0, 0.1) is 0 Å². The predicted octanol–water partition coefficient (Wildman–Crippen LogP) is 11.4. The first kappa shape index (κ1) is 21.4. The van der Waals surface area contributed by atoms with Gasteiger partial charge in [0.25, 0.3) is 0 Å². The zero-order chi connectivity index (χ0) is 26.7. The van der Waals surface area contributed by atoms with E-state index in [0.29, 0.717) is 0 Å². The summed E-state index contributed by atoms with van der Waals surface area (Å²) in [7, 11) is 0. The molecule has 0 bridgehead atoms. The van der Waals surface area contributed by atoms with Gasteiger partial charge in [-0.1, -0.05) is 127 Å². The molecule has 0 spiro atoms. The molecule has 0 aliphatic carbocycles. The lowest BCUT2D eigenvalue weighted by molar-refractivity contribution is 1.56. The number of benzene rings is 9. The van der Waals surface area contributed by atoms with Gasteiger partial charge in [0.15, 0.2) is 0 Å². The number of H-pyrrole nitrogens is 1. The Morgan fingerprint density at radius 2 is 0.659 bits per heavy atom. The molecule has 0 fully saturated rings. The number of hydrogen-bond acceptors (Lipinski definition) is 0. The number of fused-ring (bicyclic) bond motifs is 17. The lowest BCUT2D eigenvalue weighted by Gasteiger charge is -2.14. The highest BCUT2D eigenvalue weighted by atomic mass is 14.7. The van der Waals surface area contributed by atoms with Crippen molar-refractivity contribution in [2.75, 3.05) is 0 Å². The van der Waals surface area contributed by atoms with Gasteiger partial charge in [0.1, 0.15) is 0 Å². The SMILES string of the molecule is c1ccc2c(c1)ccc1ccc3c(ccc4ccc5c(ccc6ccc7c(ccc8c9ccccc9[nH]c87)c65)c43)c12. The Kier molecular flexibility index (Phi) is 3.98. The second kappa shape index (κ2) is 7.62. The van der Waals surface area contributed by atoms with Crippen molar-refractivity contribution in [3.8, 4) is 0 Å². The minimum Gasteiger partial charge on any atom is -0.354 e. The van der Waals surface area contributed by atoms with Gasteiger partial charge in [0.2, 0.25) is 0 Å². The van der Waals surface area contributed by atoms with E-state index < -0.39 is 0 Å². The van der Waals surface area contributed by atoms with Crippen molar-refractivity contribution in [3.05, 3.63) is 133 Å². The number of aromatic amines is 1. The van der Waals surface area contributed by atoms with Crippen LogP contribution in [0.3, 0.4) is 0 Å². The maximum atomic E-state index is 3.72. The molecule has 0 aliphatic heterocycles. The van der Waals surface area contributed by atoms with Crippen molar-refractivity contribution in [1.29, 1.82) is 0 Å². The molecular weight excluding hydrogens is 494 g/mol. The molecule has 41 heavy (non-hydrogen) atoms. The maximum Gasteiger partial charge on any atom is 0.0544 e. The summed E-state index contributed by atoms with van der Waals surface area (Å²) in [5.74, 6) is 0. The summed E-state index contributed by atoms with van der Waals surface area (Å²) in [4.78, 5) is 3.72. The highest BCUT2D eigenvalue weighted by molar-refractivity contribution is 6.33. The molecule has 9 aromatic carbocycles. The maximum absolute atomic E-state index is 3.72. The Morgan fingerprint density at radius 3 is 1.32 bits per heavy atom. The predicted molar refractivity (Wildman–Crippen MR) is 178 cm³/mol. The number of aromatic nitrogens is 1. The largest absolute Gasteiger partial charge is 0.354 e. The lowest BCUT2D eigenvalue weighted by Crippen LogP contribution is -1.86. The number of hydrogen-bond donors (Lipinski definition) is 1. The van der Waals surface area contributed by atoms with Crippen LogP contribution in [0.2, 0.25) is 0 Å². The van der Waals surface area contributed by atoms with E-state index in [4.69, 9.17) is 0 Å². The molecule has 0 atom stereocenters. The van der Waals surface area contributed by atoms with Gasteiger partial charge >= 0.3 is 0 Å². The Morgan fingerprint density at radius 1 is 0.268 bits per heavy atom. The fourth-order valence-electron chi connectivity index (χ4n) is 7.51. The highest BCUT2D eigenvalue weighted by Gasteiger charge is 2.14. The highest BCUT2D eigenvalue weighted by Crippen LogP contribution is 2.42. The van der Waals surface area contributed by atoms with Crippen LogP contribution < -0.4 is 0 Å². The molecule has 0 saturated heterocycles. The van der Waals surface area contributed by atoms with Crippen LogP contribution in [-0.4, -0.2) is 4.98 Å². The summed E-state index contributed by atoms with van der Waals surface area (Å²) in [6.45, 7) is 0. The lowest BCUT2D eigenvalue weighted by atomic mass is 9.89. The molecule has 1 heteroatoms. The van der Waals surface area contributed by atoms with Crippen LogP contribution in [0.5, 0.6) is 0 Å². The van der Waals surface area contributed by atoms with E-state index in [9.17, 15) is 0 Å². The van der Waals surface area contributed by atoms with Crippen molar-refractivity contribution in [2.24, 2.45) is 0 Å². The average molecular weight is 518 g/mol. The van der Waals surface area contributed by atoms with Crippen molar-refractivity contribution in [3.63, 3.8) is 0 Å². The molecule has 10 aromatic rings. The van der Waals surface area contributed by atoms with Crippen LogP contribution in [0.25, 0.3) is 97.2 Å². The standard InChI is InChI=1S/C40H23N/c1-2-6-27-23(5-1)9-10-24-11-17-30-29(37(24)27)16-12-25-13-19-32-31(38(25)30)18-14-26-15-20-35-33(39(26)32)21-22-34-28-7-3-4-8-36(28)41-40(34)35/h1-22,41H. The number of rotatable bonds is 0. The Hall–Kier alpha value is -5.40. The fraction of sp³-hybridized carbons (Fsp3) is 0. The minimum atomic E-state index is 1.19. The summed E-state index contributed by atoms with van der Waals surface area (Å²) in [5, 5.41) is 20.8. The summed E-state index contributed by atoms with van der Waals surface area (Å²) in [5.41, 5.74) is 2.40. The Balaban J connectivity index is 1.38. The summed E-state index contributed by atoms with van der Waals surface area (Å²) in [6.07, 6.45) is 0. The van der Waals surface area contributed by atoms with Crippen LogP contribution in [0.1, 0.15) is 0 Å². The quantitative estimate of drug-likeness (QED) is 0.193. The Bertz CT molecular complexity index is 2740. The first-order valence-corrected chi connectivity index (χ1v) is 14.3. The Labute approximate surface area is 235 Å². The molecule has 10 rings (SSSR count). The molecule has 188 valence electrons. The molecule has 1 aromatic heterocycles. The molecule has 0 unspecified atom stereocenters. The second-order valence-corrected chi connectivity index (χ2v) is 11.4. The number of para-hydroxylation sites is 1. The molecule has 0 amide bonds. The van der Waals surface area contributed by atoms with E-state index in [-0.39, 0.29) is 0 Å². The van der Waals surface area contributed by atoms with Crippen LogP contribution in [0.4, 0.5) is 0 Å². The third-order valence-electron chi connectivity index (χ3n) is 9.34. The first-order valence-electron chi connectivity index (χ1n) is 14.3. The second-order valence-electron chi connectivity index (χ2n) is 11.4. The molecule has 1 heterocycles. The molecular formula is C40H23N. The van der Waals surface area contributed by atoms with E-state index in [1.165, 1.54) is 97.2 Å². The van der Waals surface area contributed by atoms with Crippen molar-refractivity contribution < 1.29 is 0 Å². The van der Waals surface area contributed by atoms with Crippen LogP contribution in [0.15, 0.2) is 133 Å². The van der Waals surface area contributed by atoms with Gasteiger partial charge in [-0.05, 0) is 76.1 Å². The van der Waals surface area contributed by atoms with Crippen LogP contribution >= 0.6 is 0 Å². The smallest absolute Gasteiger partial charge is 0.0544 e. The molecule has 0 radical (unpaired) electrons. The van der Waals surface area contributed by atoms with Gasteiger partial charge in [-0.25, -0.2) is 0 Å². The van der Waals surface area contributed by atoms with Gasteiger partial charge in [0.05, 0.1) is 5.52 Å². The van der Waals surface area contributed by atoms with Gasteiger partial charge in [-0.15, -0.1) is 0 Å². The van der Waals surface area contributed by atoms with E-state index in [1.54, 1.807) is 0 Å². The van der Waals surface area contributed by atoms with Gasteiger partial charge < -0.3 is 4.98 Å². The summed E-state index contributed by atoms with van der Waals surface area (Å²) >= 11 is 0. The van der Waals surface area contributed by atoms with Gasteiger partial charge in [-0.2, -0.15) is 0 Å². The molecule has 1 nitrogen and oxygen atoms in total. The van der Waals surface area contributed by atoms with Gasteiger partial charge in [-0.3, -0.25) is 0 Å². The fourth-order valence-corrected chi connectivity index (χ4v) is 7.51. The van der Waals surface area contributed by atoms with Crippen molar-refractivity contribution in [2.45, 2.75) is 0 Å². The molecule has 0 aliphatic rings. The first-order chi connectivity index (χ1) is 20.3. The van der Waals surface area contributed by atoms with E-state index in [0.717, 1.165) is 0 Å². The topological polar surface area (TPSA) is 15.8 Å². The van der Waals surface area contributed by atoms with Gasteiger partial charge in [0, 0.05) is 21.7 Å². The average Bonchev–Trinajstić information content (AvgIpc) is 3.42. The number of nitrogens with one attached hydrogen (secondary N) is 1. The van der Waals surface area contributed by atoms with E-state index in [2.05, 4.69) is 138 Å². The zero-order valence-corrected chi connectivity index (χ0v) is 22.2.